The summed E-state index contributed by atoms with van der Waals surface area (Å²) in [5, 5.41) is 3.66. The van der Waals surface area contributed by atoms with E-state index in [-0.39, 0.29) is 11.8 Å². The zero-order valence-electron chi connectivity index (χ0n) is 15.1. The van der Waals surface area contributed by atoms with Crippen molar-refractivity contribution in [2.24, 2.45) is 5.92 Å². The predicted octanol–water partition coefficient (Wildman–Crippen LogP) is 4.59. The number of nitrogens with zero attached hydrogens (tertiary/aromatic N) is 1. The maximum atomic E-state index is 12.5. The largest absolute Gasteiger partial charge is 0.494 e. The van der Waals surface area contributed by atoms with Crippen LogP contribution in [0.3, 0.4) is 0 Å². The number of carbonyl (C=O) groups is 1. The summed E-state index contributed by atoms with van der Waals surface area (Å²) >= 11 is 5.88. The molecule has 0 bridgehead atoms. The summed E-state index contributed by atoms with van der Waals surface area (Å²) < 4.78 is 5.57. The second kappa shape index (κ2) is 9.06. The minimum absolute atomic E-state index is 0.0664. The molecule has 0 radical (unpaired) electrons. The van der Waals surface area contributed by atoms with Crippen molar-refractivity contribution in [2.45, 2.75) is 26.3 Å². The van der Waals surface area contributed by atoms with Crippen LogP contribution in [-0.2, 0) is 11.3 Å². The number of hydrogen-bond acceptors (Lipinski definition) is 3. The molecule has 138 valence electrons. The lowest BCUT2D eigenvalue weighted by atomic mass is 9.95. The van der Waals surface area contributed by atoms with Gasteiger partial charge in [0.05, 0.1) is 6.61 Å². The minimum atomic E-state index is 0.0664. The van der Waals surface area contributed by atoms with Crippen molar-refractivity contribution in [3.63, 3.8) is 0 Å². The Labute approximate surface area is 160 Å². The Kier molecular flexibility index (Phi) is 6.53. The monoisotopic (exact) mass is 372 g/mol. The van der Waals surface area contributed by atoms with Gasteiger partial charge in [-0.3, -0.25) is 9.69 Å². The van der Waals surface area contributed by atoms with Gasteiger partial charge < -0.3 is 10.1 Å². The van der Waals surface area contributed by atoms with Crippen LogP contribution in [0.5, 0.6) is 5.75 Å². The van der Waals surface area contributed by atoms with Crippen LogP contribution in [-0.4, -0.2) is 30.5 Å². The third-order valence-electron chi connectivity index (χ3n) is 4.69. The molecule has 1 amide bonds. The lowest BCUT2D eigenvalue weighted by Gasteiger charge is -2.31. The van der Waals surface area contributed by atoms with Crippen molar-refractivity contribution in [3.05, 3.63) is 59.1 Å². The van der Waals surface area contributed by atoms with E-state index in [4.69, 9.17) is 16.3 Å². The summed E-state index contributed by atoms with van der Waals surface area (Å²) in [6.07, 6.45) is 1.76. The molecule has 1 saturated heterocycles. The summed E-state index contributed by atoms with van der Waals surface area (Å²) in [4.78, 5) is 14.9. The number of ether oxygens (including phenoxy) is 1. The molecule has 4 nitrogen and oxygen atoms in total. The van der Waals surface area contributed by atoms with Crippen molar-refractivity contribution >= 4 is 23.2 Å². The Morgan fingerprint density at radius 3 is 2.62 bits per heavy atom. The van der Waals surface area contributed by atoms with Gasteiger partial charge in [0.25, 0.3) is 0 Å². The molecule has 0 spiro atoms. The van der Waals surface area contributed by atoms with Gasteiger partial charge in [-0.1, -0.05) is 23.7 Å². The average Bonchev–Trinajstić information content (AvgIpc) is 2.65. The molecule has 3 rings (SSSR count). The maximum Gasteiger partial charge on any atom is 0.227 e. The van der Waals surface area contributed by atoms with E-state index in [0.29, 0.717) is 11.6 Å². The van der Waals surface area contributed by atoms with Gasteiger partial charge in [0.2, 0.25) is 5.91 Å². The Morgan fingerprint density at radius 1 is 1.19 bits per heavy atom. The van der Waals surface area contributed by atoms with Gasteiger partial charge in [0.1, 0.15) is 5.75 Å². The lowest BCUT2D eigenvalue weighted by molar-refractivity contribution is -0.121. The Bertz CT molecular complexity index is 725. The van der Waals surface area contributed by atoms with Crippen LogP contribution in [0.4, 0.5) is 5.69 Å². The number of nitrogens with one attached hydrogen (secondary N) is 1. The summed E-state index contributed by atoms with van der Waals surface area (Å²) in [5.74, 6) is 1.09. The minimum Gasteiger partial charge on any atom is -0.494 e. The van der Waals surface area contributed by atoms with E-state index < -0.39 is 0 Å². The zero-order valence-corrected chi connectivity index (χ0v) is 15.8. The Hall–Kier alpha value is -2.04. The number of hydrogen-bond donors (Lipinski definition) is 1. The molecule has 1 aliphatic rings. The standard InChI is InChI=1S/C21H25ClN2O2/c1-2-26-20-5-3-4-16(14-20)15-24-12-10-17(11-13-24)21(25)23-19-8-6-18(22)7-9-19/h3-9,14,17H,2,10-13,15H2,1H3,(H,23,25). The Balaban J connectivity index is 1.48. The molecule has 26 heavy (non-hydrogen) atoms. The smallest absolute Gasteiger partial charge is 0.227 e. The fraction of sp³-hybridized carbons (Fsp3) is 0.381. The van der Waals surface area contributed by atoms with E-state index in [1.807, 2.05) is 31.2 Å². The highest BCUT2D eigenvalue weighted by molar-refractivity contribution is 6.30. The van der Waals surface area contributed by atoms with Gasteiger partial charge in [0, 0.05) is 23.2 Å². The van der Waals surface area contributed by atoms with E-state index in [1.54, 1.807) is 12.1 Å². The van der Waals surface area contributed by atoms with Crippen LogP contribution in [0.2, 0.25) is 5.02 Å². The van der Waals surface area contributed by atoms with Crippen molar-refractivity contribution in [1.82, 2.24) is 4.90 Å². The molecule has 1 heterocycles. The first kappa shape index (κ1) is 18.7. The molecule has 2 aromatic rings. The highest BCUT2D eigenvalue weighted by Gasteiger charge is 2.25. The van der Waals surface area contributed by atoms with Crippen molar-refractivity contribution < 1.29 is 9.53 Å². The van der Waals surface area contributed by atoms with Crippen molar-refractivity contribution in [3.8, 4) is 5.75 Å². The lowest BCUT2D eigenvalue weighted by Crippen LogP contribution is -2.37. The second-order valence-corrected chi connectivity index (χ2v) is 7.06. The first-order valence-electron chi connectivity index (χ1n) is 9.14. The quantitative estimate of drug-likeness (QED) is 0.806. The second-order valence-electron chi connectivity index (χ2n) is 6.63. The normalized spacial score (nSPS) is 15.6. The number of carbonyl (C=O) groups excluding carboxylic acids is 1. The van der Waals surface area contributed by atoms with Crippen LogP contribution in [0.1, 0.15) is 25.3 Å². The molecule has 1 aliphatic heterocycles. The van der Waals surface area contributed by atoms with E-state index in [2.05, 4.69) is 22.3 Å². The van der Waals surface area contributed by atoms with E-state index >= 15 is 0 Å². The van der Waals surface area contributed by atoms with Gasteiger partial charge >= 0.3 is 0 Å². The fourth-order valence-electron chi connectivity index (χ4n) is 3.29. The number of benzene rings is 2. The van der Waals surface area contributed by atoms with Crippen molar-refractivity contribution in [2.75, 3.05) is 25.0 Å². The summed E-state index contributed by atoms with van der Waals surface area (Å²) in [7, 11) is 0. The van der Waals surface area contributed by atoms with Gasteiger partial charge in [-0.05, 0) is 74.8 Å². The zero-order chi connectivity index (χ0) is 18.4. The molecule has 1 N–H and O–H groups in total. The van der Waals surface area contributed by atoms with Gasteiger partial charge in [-0.2, -0.15) is 0 Å². The summed E-state index contributed by atoms with van der Waals surface area (Å²) in [6.45, 7) is 5.42. The van der Waals surface area contributed by atoms with E-state index in [9.17, 15) is 4.79 Å². The highest BCUT2D eigenvalue weighted by Crippen LogP contribution is 2.22. The van der Waals surface area contributed by atoms with Gasteiger partial charge in [-0.15, -0.1) is 0 Å². The number of likely N-dealkylation sites (tertiary alicyclic amines) is 1. The maximum absolute atomic E-state index is 12.5. The number of halogens is 1. The summed E-state index contributed by atoms with van der Waals surface area (Å²) in [6, 6.07) is 15.5. The van der Waals surface area contributed by atoms with Crippen LogP contribution >= 0.6 is 11.6 Å². The fourth-order valence-corrected chi connectivity index (χ4v) is 3.42. The molecule has 0 aromatic heterocycles. The molecular formula is C21H25ClN2O2. The molecule has 0 saturated carbocycles. The molecule has 0 atom stereocenters. The van der Waals surface area contributed by atoms with Crippen LogP contribution in [0.15, 0.2) is 48.5 Å². The third-order valence-corrected chi connectivity index (χ3v) is 4.94. The van der Waals surface area contributed by atoms with Gasteiger partial charge in [-0.25, -0.2) is 0 Å². The van der Waals surface area contributed by atoms with E-state index in [0.717, 1.165) is 43.9 Å². The number of piperidine rings is 1. The average molecular weight is 373 g/mol. The molecule has 5 heteroatoms. The molecule has 1 fully saturated rings. The molecule has 0 unspecified atom stereocenters. The van der Waals surface area contributed by atoms with Crippen molar-refractivity contribution in [1.29, 1.82) is 0 Å². The topological polar surface area (TPSA) is 41.6 Å². The molecule has 0 aliphatic carbocycles. The first-order chi connectivity index (χ1) is 12.6. The van der Waals surface area contributed by atoms with Crippen LogP contribution in [0, 0.1) is 5.92 Å². The molecular weight excluding hydrogens is 348 g/mol. The Morgan fingerprint density at radius 2 is 1.92 bits per heavy atom. The third kappa shape index (κ3) is 5.23. The number of amides is 1. The van der Waals surface area contributed by atoms with E-state index in [1.165, 1.54) is 5.56 Å². The SMILES string of the molecule is CCOc1cccc(CN2CCC(C(=O)Nc3ccc(Cl)cc3)CC2)c1. The molecule has 2 aromatic carbocycles. The first-order valence-corrected chi connectivity index (χ1v) is 9.52. The van der Waals surface area contributed by atoms with Gasteiger partial charge in [0.15, 0.2) is 0 Å². The highest BCUT2D eigenvalue weighted by atomic mass is 35.5. The summed E-state index contributed by atoms with van der Waals surface area (Å²) in [5.41, 5.74) is 2.05. The van der Waals surface area contributed by atoms with Crippen LogP contribution in [0.25, 0.3) is 0 Å². The number of anilines is 1. The van der Waals surface area contributed by atoms with Crippen LogP contribution < -0.4 is 10.1 Å². The predicted molar refractivity (Wildman–Crippen MR) is 106 cm³/mol. The number of rotatable bonds is 6.